The van der Waals surface area contributed by atoms with Crippen LogP contribution < -0.4 is 4.90 Å². The van der Waals surface area contributed by atoms with Gasteiger partial charge in [-0.25, -0.2) is 0 Å². The number of hydrogen-bond acceptors (Lipinski definition) is 4. The van der Waals surface area contributed by atoms with E-state index in [0.717, 1.165) is 4.90 Å². The molecule has 1 fully saturated rings. The van der Waals surface area contributed by atoms with Gasteiger partial charge in [0.2, 0.25) is 5.91 Å². The molecule has 1 heterocycles. The fourth-order valence-electron chi connectivity index (χ4n) is 3.12. The number of nitrogens with zero attached hydrogens (tertiary/aromatic N) is 3. The average Bonchev–Trinajstić information content (AvgIpc) is 2.60. The van der Waals surface area contributed by atoms with Gasteiger partial charge in [-0.3, -0.25) is 14.9 Å². The lowest BCUT2D eigenvalue weighted by molar-refractivity contribution is -0.384. The molecule has 1 aliphatic rings. The van der Waals surface area contributed by atoms with Gasteiger partial charge in [-0.2, -0.15) is 13.2 Å². The molecule has 0 atom stereocenters. The summed E-state index contributed by atoms with van der Waals surface area (Å²) in [6, 6.07) is 6.30. The topological polar surface area (TPSA) is 66.7 Å². The van der Waals surface area contributed by atoms with Crippen LogP contribution in [0, 0.1) is 16.0 Å². The Morgan fingerprint density at radius 3 is 2.50 bits per heavy atom. The first-order chi connectivity index (χ1) is 12.2. The second-order valence-corrected chi connectivity index (χ2v) is 6.13. The molecule has 1 aromatic rings. The minimum Gasteiger partial charge on any atom is -0.366 e. The maximum atomic E-state index is 12.7. The number of para-hydroxylation sites is 2. The molecule has 0 unspecified atom stereocenters. The number of amides is 1. The quantitative estimate of drug-likeness (QED) is 0.437. The van der Waals surface area contributed by atoms with Crippen LogP contribution in [-0.4, -0.2) is 48.1 Å². The summed E-state index contributed by atoms with van der Waals surface area (Å²) >= 11 is 0. The molecular formula is C17H20F3N3O3. The molecule has 0 N–H and O–H groups in total. The number of nitro benzene ring substituents is 1. The SMILES string of the molecule is C=CCN(CC(F)(F)F)C(=O)C1CCN(c2ccccc2[N+](=O)[O-])CC1. The van der Waals surface area contributed by atoms with Gasteiger partial charge in [-0.15, -0.1) is 6.58 Å². The van der Waals surface area contributed by atoms with E-state index in [1.54, 1.807) is 23.1 Å². The van der Waals surface area contributed by atoms with Crippen molar-refractivity contribution >= 4 is 17.3 Å². The van der Waals surface area contributed by atoms with E-state index in [1.807, 2.05) is 0 Å². The number of benzene rings is 1. The second-order valence-electron chi connectivity index (χ2n) is 6.13. The van der Waals surface area contributed by atoms with Crippen LogP contribution in [0.5, 0.6) is 0 Å². The van der Waals surface area contributed by atoms with Crippen LogP contribution in [0.25, 0.3) is 0 Å². The minimum absolute atomic E-state index is 0.0253. The number of alkyl halides is 3. The van der Waals surface area contributed by atoms with Crippen LogP contribution in [0.1, 0.15) is 12.8 Å². The number of hydrogen-bond donors (Lipinski definition) is 0. The van der Waals surface area contributed by atoms with E-state index in [-0.39, 0.29) is 12.2 Å². The summed E-state index contributed by atoms with van der Waals surface area (Å²) in [4.78, 5) is 25.7. The van der Waals surface area contributed by atoms with Crippen molar-refractivity contribution in [3.8, 4) is 0 Å². The van der Waals surface area contributed by atoms with Crippen LogP contribution >= 0.6 is 0 Å². The van der Waals surface area contributed by atoms with E-state index in [4.69, 9.17) is 0 Å². The molecule has 1 amide bonds. The fraction of sp³-hybridized carbons (Fsp3) is 0.471. The molecule has 26 heavy (non-hydrogen) atoms. The molecule has 9 heteroatoms. The Labute approximate surface area is 149 Å². The lowest BCUT2D eigenvalue weighted by Crippen LogP contribution is -2.45. The van der Waals surface area contributed by atoms with E-state index in [9.17, 15) is 28.1 Å². The van der Waals surface area contributed by atoms with Gasteiger partial charge >= 0.3 is 6.18 Å². The second kappa shape index (κ2) is 8.20. The van der Waals surface area contributed by atoms with Crippen LogP contribution in [-0.2, 0) is 4.79 Å². The normalized spacial score (nSPS) is 15.6. The average molecular weight is 371 g/mol. The van der Waals surface area contributed by atoms with E-state index in [0.29, 0.717) is 31.6 Å². The first kappa shape index (κ1) is 19.7. The molecule has 0 aliphatic carbocycles. The molecular weight excluding hydrogens is 351 g/mol. The lowest BCUT2D eigenvalue weighted by atomic mass is 9.94. The van der Waals surface area contributed by atoms with Gasteiger partial charge in [-0.05, 0) is 18.9 Å². The van der Waals surface area contributed by atoms with Crippen molar-refractivity contribution in [1.29, 1.82) is 0 Å². The molecule has 6 nitrogen and oxygen atoms in total. The molecule has 0 bridgehead atoms. The number of carbonyl (C=O) groups is 1. The van der Waals surface area contributed by atoms with Crippen molar-refractivity contribution in [3.63, 3.8) is 0 Å². The Morgan fingerprint density at radius 1 is 1.35 bits per heavy atom. The summed E-state index contributed by atoms with van der Waals surface area (Å²) in [7, 11) is 0. The maximum absolute atomic E-state index is 12.7. The van der Waals surface area contributed by atoms with Crippen molar-refractivity contribution in [2.75, 3.05) is 31.1 Å². The summed E-state index contributed by atoms with van der Waals surface area (Å²) in [5, 5.41) is 11.1. The number of halogens is 3. The molecule has 1 aliphatic heterocycles. The van der Waals surface area contributed by atoms with Gasteiger partial charge in [0.15, 0.2) is 0 Å². The summed E-state index contributed by atoms with van der Waals surface area (Å²) in [6.45, 7) is 2.68. The van der Waals surface area contributed by atoms with Crippen molar-refractivity contribution in [2.45, 2.75) is 19.0 Å². The first-order valence-corrected chi connectivity index (χ1v) is 8.17. The molecule has 0 spiro atoms. The molecule has 142 valence electrons. The predicted octanol–water partition coefficient (Wildman–Crippen LogP) is 3.39. The highest BCUT2D eigenvalue weighted by Gasteiger charge is 2.36. The van der Waals surface area contributed by atoms with Crippen molar-refractivity contribution in [1.82, 2.24) is 4.90 Å². The zero-order chi connectivity index (χ0) is 19.3. The summed E-state index contributed by atoms with van der Waals surface area (Å²) in [5.41, 5.74) is 0.435. The molecule has 0 radical (unpaired) electrons. The van der Waals surface area contributed by atoms with Gasteiger partial charge in [0, 0.05) is 31.6 Å². The minimum atomic E-state index is -4.47. The van der Waals surface area contributed by atoms with Gasteiger partial charge in [0.05, 0.1) is 4.92 Å². The van der Waals surface area contributed by atoms with Crippen LogP contribution in [0.2, 0.25) is 0 Å². The highest BCUT2D eigenvalue weighted by molar-refractivity contribution is 5.79. The third-order valence-corrected chi connectivity index (χ3v) is 4.29. The molecule has 0 saturated carbocycles. The molecule has 1 aromatic carbocycles. The molecule has 1 saturated heterocycles. The van der Waals surface area contributed by atoms with E-state index in [2.05, 4.69) is 6.58 Å². The highest BCUT2D eigenvalue weighted by Crippen LogP contribution is 2.32. The van der Waals surface area contributed by atoms with Gasteiger partial charge in [0.1, 0.15) is 12.2 Å². The van der Waals surface area contributed by atoms with E-state index >= 15 is 0 Å². The van der Waals surface area contributed by atoms with E-state index in [1.165, 1.54) is 12.1 Å². The first-order valence-electron chi connectivity index (χ1n) is 8.17. The lowest BCUT2D eigenvalue weighted by Gasteiger charge is -2.35. The Morgan fingerprint density at radius 2 is 1.96 bits per heavy atom. The predicted molar refractivity (Wildman–Crippen MR) is 90.9 cm³/mol. The monoisotopic (exact) mass is 371 g/mol. The standard InChI is InChI=1S/C17H20F3N3O3/c1-2-9-22(12-17(18,19)20)16(24)13-7-10-21(11-8-13)14-5-3-4-6-15(14)23(25)26/h2-6,13H,1,7-12H2. The van der Waals surface area contributed by atoms with Gasteiger partial charge < -0.3 is 9.80 Å². The Kier molecular flexibility index (Phi) is 6.23. The third-order valence-electron chi connectivity index (χ3n) is 4.29. The number of anilines is 1. The number of piperidine rings is 1. The summed E-state index contributed by atoms with van der Waals surface area (Å²) < 4.78 is 38.0. The third kappa shape index (κ3) is 4.96. The van der Waals surface area contributed by atoms with Gasteiger partial charge in [0.25, 0.3) is 5.69 Å². The molecule has 2 rings (SSSR count). The van der Waals surface area contributed by atoms with Crippen molar-refractivity contribution in [2.24, 2.45) is 5.92 Å². The van der Waals surface area contributed by atoms with Crippen molar-refractivity contribution < 1.29 is 22.9 Å². The largest absolute Gasteiger partial charge is 0.406 e. The van der Waals surface area contributed by atoms with Gasteiger partial charge in [-0.1, -0.05) is 18.2 Å². The molecule has 0 aromatic heterocycles. The zero-order valence-corrected chi connectivity index (χ0v) is 14.1. The zero-order valence-electron chi connectivity index (χ0n) is 14.1. The van der Waals surface area contributed by atoms with Crippen LogP contribution in [0.15, 0.2) is 36.9 Å². The fourth-order valence-corrected chi connectivity index (χ4v) is 3.12. The van der Waals surface area contributed by atoms with Crippen molar-refractivity contribution in [3.05, 3.63) is 47.0 Å². The maximum Gasteiger partial charge on any atom is 0.406 e. The Hall–Kier alpha value is -2.58. The Bertz CT molecular complexity index is 671. The summed E-state index contributed by atoms with van der Waals surface area (Å²) in [6.07, 6.45) is -2.51. The summed E-state index contributed by atoms with van der Waals surface area (Å²) in [5.74, 6) is -1.08. The van der Waals surface area contributed by atoms with E-state index < -0.39 is 29.5 Å². The Balaban J connectivity index is 2.04. The van der Waals surface area contributed by atoms with Crippen LogP contribution in [0.4, 0.5) is 24.5 Å². The highest BCUT2D eigenvalue weighted by atomic mass is 19.4. The number of rotatable bonds is 6. The number of nitro groups is 1. The smallest absolute Gasteiger partial charge is 0.366 e. The number of carbonyl (C=O) groups excluding carboxylic acids is 1. The van der Waals surface area contributed by atoms with Crippen LogP contribution in [0.3, 0.4) is 0 Å².